The van der Waals surface area contributed by atoms with Crippen LogP contribution in [0.4, 0.5) is 0 Å². The molecule has 2 aliphatic heterocycles. The molecule has 0 bridgehead atoms. The summed E-state index contributed by atoms with van der Waals surface area (Å²) in [5, 5.41) is 0. The largest absolute Gasteiger partial charge is 0.341 e. The normalized spacial score (nSPS) is 25.0. The molecule has 1 saturated carbocycles. The van der Waals surface area contributed by atoms with Gasteiger partial charge in [0.1, 0.15) is 0 Å². The second kappa shape index (κ2) is 8.32. The maximum atomic E-state index is 12.6. The van der Waals surface area contributed by atoms with E-state index in [0.29, 0.717) is 11.8 Å². The number of hydrogen-bond acceptors (Lipinski definition) is 3. The first-order valence-corrected chi connectivity index (χ1v) is 9.96. The van der Waals surface area contributed by atoms with Crippen molar-refractivity contribution in [3.63, 3.8) is 0 Å². The molecule has 1 unspecified atom stereocenters. The molecule has 0 aromatic heterocycles. The third-order valence-electron chi connectivity index (χ3n) is 6.14. The number of carbonyl (C=O) groups is 2. The first-order valence-electron chi connectivity index (χ1n) is 9.96. The van der Waals surface area contributed by atoms with Crippen molar-refractivity contribution >= 4 is 11.8 Å². The summed E-state index contributed by atoms with van der Waals surface area (Å²) >= 11 is 0. The number of amides is 2. The second-order valence-corrected chi connectivity index (χ2v) is 7.83. The van der Waals surface area contributed by atoms with E-state index in [9.17, 15) is 9.59 Å². The van der Waals surface area contributed by atoms with Crippen LogP contribution in [0.2, 0.25) is 0 Å². The van der Waals surface area contributed by atoms with E-state index in [1.165, 1.54) is 25.7 Å². The van der Waals surface area contributed by atoms with Gasteiger partial charge in [-0.3, -0.25) is 14.5 Å². The van der Waals surface area contributed by atoms with Crippen molar-refractivity contribution in [2.45, 2.75) is 64.3 Å². The van der Waals surface area contributed by atoms with Crippen molar-refractivity contribution in [3.8, 4) is 0 Å². The molecule has 0 N–H and O–H groups in total. The summed E-state index contributed by atoms with van der Waals surface area (Å²) in [6.07, 6.45) is 9.05. The lowest BCUT2D eigenvalue weighted by atomic mass is 10.0. The van der Waals surface area contributed by atoms with Crippen LogP contribution in [0.3, 0.4) is 0 Å². The molecule has 5 heteroatoms. The molecule has 2 heterocycles. The fraction of sp³-hybridized carbons (Fsp3) is 0.895. The van der Waals surface area contributed by atoms with Gasteiger partial charge in [-0.2, -0.15) is 0 Å². The summed E-state index contributed by atoms with van der Waals surface area (Å²) in [5.41, 5.74) is 0. The van der Waals surface area contributed by atoms with Crippen LogP contribution in [0.25, 0.3) is 0 Å². The molecule has 3 fully saturated rings. The zero-order valence-corrected chi connectivity index (χ0v) is 15.2. The Morgan fingerprint density at radius 1 is 0.833 bits per heavy atom. The maximum absolute atomic E-state index is 12.6. The van der Waals surface area contributed by atoms with Gasteiger partial charge < -0.3 is 9.80 Å². The highest BCUT2D eigenvalue weighted by Crippen LogP contribution is 2.28. The molecule has 3 aliphatic rings. The smallest absolute Gasteiger partial charge is 0.239 e. The van der Waals surface area contributed by atoms with Gasteiger partial charge in [0, 0.05) is 45.7 Å². The Bertz CT molecular complexity index is 442. The SMILES string of the molecule is CC(C(=O)N1CCCC1)N1CCCN(C(=O)CC2CCCC2)CC1. The molecule has 0 aromatic rings. The van der Waals surface area contributed by atoms with E-state index in [4.69, 9.17) is 0 Å². The summed E-state index contributed by atoms with van der Waals surface area (Å²) in [4.78, 5) is 31.5. The maximum Gasteiger partial charge on any atom is 0.239 e. The van der Waals surface area contributed by atoms with E-state index in [-0.39, 0.29) is 11.9 Å². The average Bonchev–Trinajstić information content (AvgIpc) is 3.23. The summed E-state index contributed by atoms with van der Waals surface area (Å²) in [6.45, 7) is 7.27. The lowest BCUT2D eigenvalue weighted by molar-refractivity contribution is -0.135. The highest BCUT2D eigenvalue weighted by molar-refractivity contribution is 5.81. The van der Waals surface area contributed by atoms with Crippen LogP contribution in [0.5, 0.6) is 0 Å². The molecule has 136 valence electrons. The molecule has 0 radical (unpaired) electrons. The Kier molecular flexibility index (Phi) is 6.14. The number of likely N-dealkylation sites (tertiary alicyclic amines) is 1. The van der Waals surface area contributed by atoms with E-state index in [1.807, 2.05) is 16.7 Å². The molecular formula is C19H33N3O2. The van der Waals surface area contributed by atoms with E-state index in [1.54, 1.807) is 0 Å². The van der Waals surface area contributed by atoms with E-state index >= 15 is 0 Å². The van der Waals surface area contributed by atoms with Gasteiger partial charge in [0.05, 0.1) is 6.04 Å². The molecular weight excluding hydrogens is 302 g/mol. The van der Waals surface area contributed by atoms with Gasteiger partial charge in [-0.15, -0.1) is 0 Å². The second-order valence-electron chi connectivity index (χ2n) is 7.83. The Morgan fingerprint density at radius 2 is 1.50 bits per heavy atom. The molecule has 0 aromatic carbocycles. The van der Waals surface area contributed by atoms with E-state index in [2.05, 4.69) is 4.90 Å². The number of nitrogens with zero attached hydrogens (tertiary/aromatic N) is 3. The Labute approximate surface area is 146 Å². The van der Waals surface area contributed by atoms with Crippen molar-refractivity contribution in [2.75, 3.05) is 39.3 Å². The zero-order valence-electron chi connectivity index (χ0n) is 15.2. The molecule has 0 spiro atoms. The van der Waals surface area contributed by atoms with Gasteiger partial charge in [-0.1, -0.05) is 12.8 Å². The van der Waals surface area contributed by atoms with Crippen molar-refractivity contribution in [2.24, 2.45) is 5.92 Å². The summed E-state index contributed by atoms with van der Waals surface area (Å²) in [6, 6.07) is -0.0482. The number of rotatable bonds is 4. The fourth-order valence-electron chi connectivity index (χ4n) is 4.52. The predicted octanol–water partition coefficient (Wildman–Crippen LogP) is 2.11. The summed E-state index contributed by atoms with van der Waals surface area (Å²) in [5.74, 6) is 1.23. The van der Waals surface area contributed by atoms with Crippen LogP contribution in [-0.2, 0) is 9.59 Å². The Balaban J connectivity index is 1.48. The monoisotopic (exact) mass is 335 g/mol. The third kappa shape index (κ3) is 4.29. The minimum Gasteiger partial charge on any atom is -0.341 e. The Morgan fingerprint density at radius 3 is 2.21 bits per heavy atom. The molecule has 2 saturated heterocycles. The molecule has 1 aliphatic carbocycles. The average molecular weight is 335 g/mol. The van der Waals surface area contributed by atoms with Gasteiger partial charge >= 0.3 is 0 Å². The minimum absolute atomic E-state index is 0.0482. The van der Waals surface area contributed by atoms with Crippen molar-refractivity contribution < 1.29 is 9.59 Å². The van der Waals surface area contributed by atoms with Crippen LogP contribution < -0.4 is 0 Å². The first kappa shape index (κ1) is 17.7. The lowest BCUT2D eigenvalue weighted by Crippen LogP contribution is -2.47. The van der Waals surface area contributed by atoms with E-state index < -0.39 is 0 Å². The van der Waals surface area contributed by atoms with Crippen molar-refractivity contribution in [3.05, 3.63) is 0 Å². The summed E-state index contributed by atoms with van der Waals surface area (Å²) < 4.78 is 0. The van der Waals surface area contributed by atoms with Crippen molar-refractivity contribution in [1.29, 1.82) is 0 Å². The number of hydrogen-bond donors (Lipinski definition) is 0. The summed E-state index contributed by atoms with van der Waals surface area (Å²) in [7, 11) is 0. The molecule has 3 rings (SSSR count). The molecule has 1 atom stereocenters. The van der Waals surface area contributed by atoms with Crippen LogP contribution in [0.15, 0.2) is 0 Å². The van der Waals surface area contributed by atoms with Crippen LogP contribution in [-0.4, -0.2) is 71.8 Å². The molecule has 24 heavy (non-hydrogen) atoms. The molecule has 5 nitrogen and oxygen atoms in total. The van der Waals surface area contributed by atoms with Crippen LogP contribution in [0.1, 0.15) is 58.3 Å². The lowest BCUT2D eigenvalue weighted by Gasteiger charge is -2.30. The first-order chi connectivity index (χ1) is 11.6. The standard InChI is InChI=1S/C19H33N3O2/c1-16(19(24)22-9-4-5-10-22)20-11-6-12-21(14-13-20)18(23)15-17-7-2-3-8-17/h16-17H,2-15H2,1H3. The fourth-order valence-corrected chi connectivity index (χ4v) is 4.52. The Hall–Kier alpha value is -1.10. The minimum atomic E-state index is -0.0482. The van der Waals surface area contributed by atoms with Crippen LogP contribution in [0, 0.1) is 5.92 Å². The number of carbonyl (C=O) groups excluding carboxylic acids is 2. The van der Waals surface area contributed by atoms with Gasteiger partial charge in [0.2, 0.25) is 11.8 Å². The van der Waals surface area contributed by atoms with Gasteiger partial charge in [-0.25, -0.2) is 0 Å². The molecule has 2 amide bonds. The van der Waals surface area contributed by atoms with Crippen LogP contribution >= 0.6 is 0 Å². The highest BCUT2D eigenvalue weighted by Gasteiger charge is 2.30. The third-order valence-corrected chi connectivity index (χ3v) is 6.14. The quantitative estimate of drug-likeness (QED) is 0.790. The zero-order chi connectivity index (χ0) is 16.9. The van der Waals surface area contributed by atoms with Gasteiger partial charge in [0.25, 0.3) is 0 Å². The van der Waals surface area contributed by atoms with Gasteiger partial charge in [0.15, 0.2) is 0 Å². The predicted molar refractivity (Wildman–Crippen MR) is 94.6 cm³/mol. The highest BCUT2D eigenvalue weighted by atomic mass is 16.2. The topological polar surface area (TPSA) is 43.9 Å². The van der Waals surface area contributed by atoms with Crippen molar-refractivity contribution in [1.82, 2.24) is 14.7 Å². The van der Waals surface area contributed by atoms with E-state index in [0.717, 1.165) is 65.0 Å². The van der Waals surface area contributed by atoms with Gasteiger partial charge in [-0.05, 0) is 44.9 Å².